The predicted molar refractivity (Wildman–Crippen MR) is 110 cm³/mol. The smallest absolute Gasteiger partial charge is 0.245 e. The number of fused-ring (bicyclic) bond motifs is 1. The third-order valence-corrected chi connectivity index (χ3v) is 4.77. The molecule has 1 aliphatic rings. The van der Waals surface area contributed by atoms with Crippen molar-refractivity contribution in [3.63, 3.8) is 0 Å². The van der Waals surface area contributed by atoms with Crippen molar-refractivity contribution in [3.8, 4) is 0 Å². The second-order valence-electron chi connectivity index (χ2n) is 6.38. The number of aromatic nitrogens is 3. The second-order valence-corrected chi connectivity index (χ2v) is 6.81. The lowest BCUT2D eigenvalue weighted by Crippen LogP contribution is -2.27. The van der Waals surface area contributed by atoms with E-state index in [9.17, 15) is 4.79 Å². The zero-order valence-corrected chi connectivity index (χ0v) is 15.7. The Balaban J connectivity index is 1.57. The Morgan fingerprint density at radius 2 is 2.00 bits per heavy atom. The fourth-order valence-corrected chi connectivity index (χ4v) is 3.15. The number of nitrogens with zero attached hydrogens (tertiary/aromatic N) is 3. The molecular formula is C21H18ClN5O. The molecule has 1 aliphatic heterocycles. The molecule has 4 rings (SSSR count). The van der Waals surface area contributed by atoms with E-state index < -0.39 is 0 Å². The van der Waals surface area contributed by atoms with Gasteiger partial charge in [-0.05, 0) is 42.3 Å². The van der Waals surface area contributed by atoms with Crippen LogP contribution in [0.25, 0.3) is 11.0 Å². The van der Waals surface area contributed by atoms with E-state index in [0.29, 0.717) is 28.3 Å². The lowest BCUT2D eigenvalue weighted by atomic mass is 10.1. The summed E-state index contributed by atoms with van der Waals surface area (Å²) in [5.41, 5.74) is 9.56. The maximum absolute atomic E-state index is 12.9. The molecule has 0 bridgehead atoms. The van der Waals surface area contributed by atoms with E-state index in [0.717, 1.165) is 12.0 Å². The minimum atomic E-state index is -0.345. The van der Waals surface area contributed by atoms with E-state index in [1.54, 1.807) is 18.5 Å². The van der Waals surface area contributed by atoms with Crippen LogP contribution in [0.4, 0.5) is 0 Å². The van der Waals surface area contributed by atoms with Gasteiger partial charge in [0.2, 0.25) is 5.78 Å². The fraction of sp³-hybridized carbons (Fsp3) is 0.0952. The van der Waals surface area contributed by atoms with Crippen LogP contribution in [0.3, 0.4) is 0 Å². The first-order valence-electron chi connectivity index (χ1n) is 8.82. The molecule has 7 heteroatoms. The van der Waals surface area contributed by atoms with Gasteiger partial charge in [0, 0.05) is 24.0 Å². The van der Waals surface area contributed by atoms with Crippen LogP contribution in [0.2, 0.25) is 5.02 Å². The molecule has 0 unspecified atom stereocenters. The summed E-state index contributed by atoms with van der Waals surface area (Å²) in [6, 6.07) is 9.47. The van der Waals surface area contributed by atoms with Crippen molar-refractivity contribution in [1.29, 1.82) is 0 Å². The molecule has 2 aromatic heterocycles. The third-order valence-electron chi connectivity index (χ3n) is 4.51. The number of hydrogen-bond acceptors (Lipinski definition) is 5. The summed E-state index contributed by atoms with van der Waals surface area (Å²) in [4.78, 5) is 26.2. The van der Waals surface area contributed by atoms with Crippen molar-refractivity contribution in [2.24, 2.45) is 5.73 Å². The molecule has 6 nitrogen and oxygen atoms in total. The Kier molecular flexibility index (Phi) is 4.95. The van der Waals surface area contributed by atoms with Gasteiger partial charge in [-0.3, -0.25) is 9.78 Å². The average molecular weight is 392 g/mol. The van der Waals surface area contributed by atoms with Crippen molar-refractivity contribution in [3.05, 3.63) is 95.0 Å². The van der Waals surface area contributed by atoms with Crippen LogP contribution < -0.4 is 5.73 Å². The molecule has 0 saturated carbocycles. The van der Waals surface area contributed by atoms with Crippen molar-refractivity contribution in [2.75, 3.05) is 6.54 Å². The largest absolute Gasteiger partial charge is 0.394 e. The summed E-state index contributed by atoms with van der Waals surface area (Å²) in [6.07, 6.45) is 11.6. The molecule has 3 aromatic rings. The Bertz CT molecular complexity index is 1080. The highest BCUT2D eigenvalue weighted by Gasteiger charge is 2.20. The summed E-state index contributed by atoms with van der Waals surface area (Å²) >= 11 is 5.94. The Morgan fingerprint density at radius 3 is 2.79 bits per heavy atom. The van der Waals surface area contributed by atoms with Crippen molar-refractivity contribution < 1.29 is 4.79 Å². The average Bonchev–Trinajstić information content (AvgIpc) is 3.17. The number of rotatable bonds is 5. The molecule has 28 heavy (non-hydrogen) atoms. The summed E-state index contributed by atoms with van der Waals surface area (Å²) < 4.78 is 0. The number of hydrogen-bond donors (Lipinski definition) is 2. The van der Waals surface area contributed by atoms with E-state index in [4.69, 9.17) is 17.3 Å². The minimum Gasteiger partial charge on any atom is -0.394 e. The zero-order chi connectivity index (χ0) is 19.5. The van der Waals surface area contributed by atoms with Crippen molar-refractivity contribution in [1.82, 2.24) is 19.9 Å². The maximum atomic E-state index is 12.9. The Hall–Kier alpha value is -3.38. The monoisotopic (exact) mass is 391 g/mol. The number of pyridine rings is 1. The van der Waals surface area contributed by atoms with Crippen LogP contribution in [-0.4, -0.2) is 32.2 Å². The Labute approximate surface area is 167 Å². The summed E-state index contributed by atoms with van der Waals surface area (Å²) in [6.45, 7) is 0.676. The molecule has 3 N–H and O–H groups in total. The van der Waals surface area contributed by atoms with Crippen LogP contribution in [0, 0.1) is 0 Å². The number of carbonyl (C=O) groups excluding carboxylic acids is 1. The van der Waals surface area contributed by atoms with Crippen LogP contribution in [-0.2, 0) is 6.42 Å². The van der Waals surface area contributed by atoms with E-state index in [2.05, 4.69) is 15.0 Å². The van der Waals surface area contributed by atoms with Gasteiger partial charge in [0.1, 0.15) is 5.70 Å². The molecule has 0 saturated heterocycles. The second kappa shape index (κ2) is 7.70. The van der Waals surface area contributed by atoms with Gasteiger partial charge in [-0.25, -0.2) is 4.98 Å². The third kappa shape index (κ3) is 3.68. The molecule has 0 radical (unpaired) electrons. The highest BCUT2D eigenvalue weighted by atomic mass is 35.5. The van der Waals surface area contributed by atoms with Gasteiger partial charge in [-0.15, -0.1) is 0 Å². The van der Waals surface area contributed by atoms with Gasteiger partial charge in [-0.2, -0.15) is 0 Å². The first kappa shape index (κ1) is 18.0. The van der Waals surface area contributed by atoms with Gasteiger partial charge < -0.3 is 15.6 Å². The minimum absolute atomic E-state index is 0.142. The number of allylic oxidation sites excluding steroid dienone is 4. The number of nitrogens with two attached hydrogens (primary N) is 1. The van der Waals surface area contributed by atoms with Crippen LogP contribution >= 0.6 is 11.6 Å². The first-order chi connectivity index (χ1) is 13.6. The molecule has 0 atom stereocenters. The van der Waals surface area contributed by atoms with E-state index in [1.165, 1.54) is 0 Å². The summed E-state index contributed by atoms with van der Waals surface area (Å²) in [5.74, 6) is -0.142. The highest BCUT2D eigenvalue weighted by molar-refractivity contribution is 6.30. The molecule has 1 aromatic carbocycles. The first-order valence-corrected chi connectivity index (χ1v) is 9.20. The van der Waals surface area contributed by atoms with Crippen molar-refractivity contribution in [2.45, 2.75) is 6.42 Å². The number of carbonyl (C=O) groups is 1. The van der Waals surface area contributed by atoms with Crippen LogP contribution in [0.1, 0.15) is 16.2 Å². The number of nitrogens with one attached hydrogen (secondary N) is 1. The number of halogens is 1. The summed E-state index contributed by atoms with van der Waals surface area (Å²) in [5, 5.41) is 0.709. The van der Waals surface area contributed by atoms with E-state index in [-0.39, 0.29) is 17.3 Å². The fourth-order valence-electron chi connectivity index (χ4n) is 3.02. The molecule has 0 aliphatic carbocycles. The molecular weight excluding hydrogens is 374 g/mol. The molecule has 3 heterocycles. The molecule has 0 amide bonds. The van der Waals surface area contributed by atoms with Crippen LogP contribution in [0.15, 0.2) is 78.5 Å². The number of aromatic amines is 1. The number of imidazole rings is 1. The SMILES string of the molecule is N/C(C(=O)c1nc2ccncc2[nH]1)=C1/C=CC=CN1CCc1ccc(Cl)cc1. The topological polar surface area (TPSA) is 87.9 Å². The van der Waals surface area contributed by atoms with Gasteiger partial charge in [0.05, 0.1) is 22.9 Å². The zero-order valence-electron chi connectivity index (χ0n) is 15.0. The van der Waals surface area contributed by atoms with Crippen molar-refractivity contribution >= 4 is 28.4 Å². The number of H-pyrrole nitrogens is 1. The van der Waals surface area contributed by atoms with Crippen LogP contribution in [0.5, 0.6) is 0 Å². The molecule has 0 fully saturated rings. The van der Waals surface area contributed by atoms with Gasteiger partial charge in [-0.1, -0.05) is 29.8 Å². The van der Waals surface area contributed by atoms with E-state index >= 15 is 0 Å². The predicted octanol–water partition coefficient (Wildman–Crippen LogP) is 3.59. The standard InChI is InChI=1S/C21H18ClN5O/c22-15-6-4-14(5-7-15)9-12-27-11-2-1-3-18(27)19(23)20(28)21-25-16-8-10-24-13-17(16)26-21/h1-8,10-11,13H,9,12,23H2,(H,25,26)/b19-18-. The lowest BCUT2D eigenvalue weighted by Gasteiger charge is -2.25. The quantitative estimate of drug-likeness (QED) is 0.512. The van der Waals surface area contributed by atoms with Gasteiger partial charge in [0.15, 0.2) is 5.82 Å². The lowest BCUT2D eigenvalue weighted by molar-refractivity contribution is 0.102. The Morgan fingerprint density at radius 1 is 1.18 bits per heavy atom. The van der Waals surface area contributed by atoms with E-state index in [1.807, 2.05) is 53.6 Å². The van der Waals surface area contributed by atoms with Gasteiger partial charge in [0.25, 0.3) is 0 Å². The molecule has 0 spiro atoms. The number of benzene rings is 1. The highest BCUT2D eigenvalue weighted by Crippen LogP contribution is 2.19. The maximum Gasteiger partial charge on any atom is 0.245 e. The number of Topliss-reactive ketones (excluding diaryl/α,β-unsaturated/α-hetero) is 1. The summed E-state index contributed by atoms with van der Waals surface area (Å²) in [7, 11) is 0. The number of ketones is 1. The normalized spacial score (nSPS) is 15.2. The molecule has 140 valence electrons. The van der Waals surface area contributed by atoms with Gasteiger partial charge >= 0.3 is 0 Å².